The molecule has 3 aromatic carbocycles. The van der Waals surface area contributed by atoms with Crippen LogP contribution in [-0.4, -0.2) is 16.9 Å². The SMILES string of the molecule is CCCCCCCCCCCCCCC(=O)Oc1ccc(C(=O)Oc2ccc(-c3ccc([N+](=O)[O-])cc3)cc2)cc1. The second-order valence-corrected chi connectivity index (χ2v) is 10.4. The standard InChI is InChI=1S/C34H41NO6/c1-2-3-4-5-6-7-8-9-10-11-12-13-14-33(36)40-31-25-19-29(20-26-31)34(37)41-32-23-17-28(18-24-32)27-15-21-30(22-16-27)35(38)39/h15-26H,2-14H2,1H3. The molecule has 0 aliphatic carbocycles. The molecular formula is C34H41NO6. The Morgan fingerprint density at radius 2 is 1.05 bits per heavy atom. The Labute approximate surface area is 243 Å². The maximum Gasteiger partial charge on any atom is 0.343 e. The van der Waals surface area contributed by atoms with E-state index in [0.717, 1.165) is 30.4 Å². The van der Waals surface area contributed by atoms with Crippen LogP contribution in [0, 0.1) is 10.1 Å². The third-order valence-corrected chi connectivity index (χ3v) is 7.03. The molecule has 0 saturated heterocycles. The molecule has 3 rings (SSSR count). The van der Waals surface area contributed by atoms with Crippen LogP contribution in [0.25, 0.3) is 11.1 Å². The highest BCUT2D eigenvalue weighted by Crippen LogP contribution is 2.25. The lowest BCUT2D eigenvalue weighted by molar-refractivity contribution is -0.384. The molecule has 0 aliphatic heterocycles. The van der Waals surface area contributed by atoms with Crippen molar-refractivity contribution in [2.75, 3.05) is 0 Å². The quantitative estimate of drug-likeness (QED) is 0.0506. The lowest BCUT2D eigenvalue weighted by Gasteiger charge is -2.08. The number of nitro benzene ring substituents is 1. The van der Waals surface area contributed by atoms with Crippen molar-refractivity contribution >= 4 is 17.6 Å². The van der Waals surface area contributed by atoms with Gasteiger partial charge in [-0.25, -0.2) is 4.79 Å². The zero-order valence-corrected chi connectivity index (χ0v) is 24.0. The molecule has 0 heterocycles. The molecule has 0 amide bonds. The molecule has 0 aromatic heterocycles. The minimum Gasteiger partial charge on any atom is -0.427 e. The number of unbranched alkanes of at least 4 members (excludes halogenated alkanes) is 11. The van der Waals surface area contributed by atoms with E-state index in [4.69, 9.17) is 9.47 Å². The van der Waals surface area contributed by atoms with Crippen molar-refractivity contribution in [2.24, 2.45) is 0 Å². The first-order chi connectivity index (χ1) is 20.0. The number of hydrogen-bond donors (Lipinski definition) is 0. The summed E-state index contributed by atoms with van der Waals surface area (Å²) in [4.78, 5) is 35.1. The van der Waals surface area contributed by atoms with Gasteiger partial charge in [-0.1, -0.05) is 89.7 Å². The van der Waals surface area contributed by atoms with Gasteiger partial charge in [-0.2, -0.15) is 0 Å². The summed E-state index contributed by atoms with van der Waals surface area (Å²) in [7, 11) is 0. The normalized spacial score (nSPS) is 10.8. The number of ether oxygens (including phenoxy) is 2. The van der Waals surface area contributed by atoms with Crippen LogP contribution >= 0.6 is 0 Å². The average molecular weight is 560 g/mol. The predicted molar refractivity (Wildman–Crippen MR) is 161 cm³/mol. The third kappa shape index (κ3) is 11.6. The van der Waals surface area contributed by atoms with Crippen LogP contribution in [0.3, 0.4) is 0 Å². The molecule has 7 heteroatoms. The number of nitro groups is 1. The van der Waals surface area contributed by atoms with Crippen LogP contribution < -0.4 is 9.47 Å². The first kappa shape index (κ1) is 31.5. The van der Waals surface area contributed by atoms with E-state index in [0.29, 0.717) is 23.5 Å². The summed E-state index contributed by atoms with van der Waals surface area (Å²) < 4.78 is 10.9. The topological polar surface area (TPSA) is 95.7 Å². The Morgan fingerprint density at radius 1 is 0.610 bits per heavy atom. The minimum atomic E-state index is -0.526. The zero-order valence-electron chi connectivity index (χ0n) is 24.0. The summed E-state index contributed by atoms with van der Waals surface area (Å²) in [5.74, 6) is -0.0144. The Kier molecular flexibility index (Phi) is 13.6. The highest BCUT2D eigenvalue weighted by atomic mass is 16.6. The van der Waals surface area contributed by atoms with Crippen molar-refractivity contribution in [3.63, 3.8) is 0 Å². The molecule has 0 bridgehead atoms. The Balaban J connectivity index is 1.32. The van der Waals surface area contributed by atoms with Crippen LogP contribution in [0.1, 0.15) is 101 Å². The van der Waals surface area contributed by atoms with Gasteiger partial charge in [0.15, 0.2) is 0 Å². The summed E-state index contributed by atoms with van der Waals surface area (Å²) in [6.45, 7) is 2.25. The van der Waals surface area contributed by atoms with Crippen LogP contribution in [-0.2, 0) is 4.79 Å². The minimum absolute atomic E-state index is 0.0275. The van der Waals surface area contributed by atoms with Gasteiger partial charge in [-0.3, -0.25) is 14.9 Å². The zero-order chi connectivity index (χ0) is 29.3. The van der Waals surface area contributed by atoms with Crippen molar-refractivity contribution in [3.8, 4) is 22.6 Å². The summed E-state index contributed by atoms with van der Waals surface area (Å²) in [6, 6.07) is 19.5. The molecule has 41 heavy (non-hydrogen) atoms. The summed E-state index contributed by atoms with van der Waals surface area (Å²) in [6.07, 6.45) is 15.3. The fourth-order valence-corrected chi connectivity index (χ4v) is 4.61. The highest BCUT2D eigenvalue weighted by molar-refractivity contribution is 5.91. The van der Waals surface area contributed by atoms with E-state index in [-0.39, 0.29) is 11.7 Å². The van der Waals surface area contributed by atoms with Gasteiger partial charge in [0.05, 0.1) is 10.5 Å². The van der Waals surface area contributed by atoms with E-state index in [2.05, 4.69) is 6.92 Å². The first-order valence-corrected chi connectivity index (χ1v) is 14.8. The molecule has 0 N–H and O–H groups in total. The largest absolute Gasteiger partial charge is 0.427 e. The summed E-state index contributed by atoms with van der Waals surface area (Å²) in [5, 5.41) is 10.8. The number of carbonyl (C=O) groups excluding carboxylic acids is 2. The molecule has 218 valence electrons. The lowest BCUT2D eigenvalue weighted by Crippen LogP contribution is -2.10. The van der Waals surface area contributed by atoms with Gasteiger partial charge in [-0.05, 0) is 66.1 Å². The van der Waals surface area contributed by atoms with Gasteiger partial charge in [0, 0.05) is 18.6 Å². The van der Waals surface area contributed by atoms with Gasteiger partial charge in [0.2, 0.25) is 0 Å². The van der Waals surface area contributed by atoms with E-state index < -0.39 is 10.9 Å². The van der Waals surface area contributed by atoms with Crippen molar-refractivity contribution < 1.29 is 24.0 Å². The molecule has 7 nitrogen and oxygen atoms in total. The number of non-ortho nitro benzene ring substituents is 1. The number of benzene rings is 3. The molecule has 0 unspecified atom stereocenters. The lowest BCUT2D eigenvalue weighted by atomic mass is 10.0. The smallest absolute Gasteiger partial charge is 0.343 e. The van der Waals surface area contributed by atoms with Gasteiger partial charge < -0.3 is 9.47 Å². The maximum atomic E-state index is 12.5. The van der Waals surface area contributed by atoms with Crippen LogP contribution in [0.2, 0.25) is 0 Å². The monoisotopic (exact) mass is 559 g/mol. The number of esters is 2. The van der Waals surface area contributed by atoms with E-state index in [1.165, 1.54) is 69.9 Å². The number of carbonyl (C=O) groups is 2. The average Bonchev–Trinajstić information content (AvgIpc) is 2.98. The Bertz CT molecular complexity index is 1220. The van der Waals surface area contributed by atoms with E-state index in [1.807, 2.05) is 0 Å². The van der Waals surface area contributed by atoms with Gasteiger partial charge in [0.1, 0.15) is 11.5 Å². The van der Waals surface area contributed by atoms with E-state index in [9.17, 15) is 19.7 Å². The molecule has 0 radical (unpaired) electrons. The van der Waals surface area contributed by atoms with Crippen molar-refractivity contribution in [1.82, 2.24) is 0 Å². The fraction of sp³-hybridized carbons (Fsp3) is 0.412. The molecule has 0 spiro atoms. The maximum absolute atomic E-state index is 12.5. The van der Waals surface area contributed by atoms with Crippen molar-refractivity contribution in [1.29, 1.82) is 0 Å². The molecule has 0 saturated carbocycles. The summed E-state index contributed by atoms with van der Waals surface area (Å²) >= 11 is 0. The third-order valence-electron chi connectivity index (χ3n) is 7.03. The number of nitrogens with zero attached hydrogens (tertiary/aromatic N) is 1. The van der Waals surface area contributed by atoms with E-state index in [1.54, 1.807) is 60.7 Å². The first-order valence-electron chi connectivity index (χ1n) is 14.8. The fourth-order valence-electron chi connectivity index (χ4n) is 4.61. The second kappa shape index (κ2) is 17.6. The molecule has 3 aromatic rings. The van der Waals surface area contributed by atoms with Gasteiger partial charge in [-0.15, -0.1) is 0 Å². The Hall–Kier alpha value is -4.00. The summed E-state index contributed by atoms with van der Waals surface area (Å²) in [5.41, 5.74) is 2.02. The highest BCUT2D eigenvalue weighted by Gasteiger charge is 2.11. The molecule has 0 aliphatic rings. The van der Waals surface area contributed by atoms with Crippen LogP contribution in [0.5, 0.6) is 11.5 Å². The predicted octanol–water partition coefficient (Wildman–Crippen LogP) is 9.48. The van der Waals surface area contributed by atoms with Gasteiger partial charge in [0.25, 0.3) is 5.69 Å². The van der Waals surface area contributed by atoms with E-state index >= 15 is 0 Å². The molecule has 0 fully saturated rings. The number of hydrogen-bond acceptors (Lipinski definition) is 6. The van der Waals surface area contributed by atoms with Crippen LogP contribution in [0.15, 0.2) is 72.8 Å². The molecule has 0 atom stereocenters. The molecular weight excluding hydrogens is 518 g/mol. The Morgan fingerprint density at radius 3 is 1.56 bits per heavy atom. The van der Waals surface area contributed by atoms with Crippen molar-refractivity contribution in [2.45, 2.75) is 90.4 Å². The van der Waals surface area contributed by atoms with Crippen LogP contribution in [0.4, 0.5) is 5.69 Å². The van der Waals surface area contributed by atoms with Crippen molar-refractivity contribution in [3.05, 3.63) is 88.5 Å². The van der Waals surface area contributed by atoms with Gasteiger partial charge >= 0.3 is 11.9 Å². The second-order valence-electron chi connectivity index (χ2n) is 10.4. The number of rotatable bonds is 18.